The van der Waals surface area contributed by atoms with E-state index >= 15 is 0 Å². The highest BCUT2D eigenvalue weighted by Crippen LogP contribution is 1.96. The number of halogens is 2. The summed E-state index contributed by atoms with van der Waals surface area (Å²) in [6, 6.07) is 0. The van der Waals surface area contributed by atoms with Crippen LogP contribution < -0.4 is 10.4 Å². The van der Waals surface area contributed by atoms with Gasteiger partial charge in [0.1, 0.15) is 0 Å². The molecule has 0 saturated heterocycles. The zero-order valence-corrected chi connectivity index (χ0v) is 9.02. The molecule has 1 aromatic heterocycles. The molecule has 0 aromatic carbocycles. The third kappa shape index (κ3) is 2.20. The van der Waals surface area contributed by atoms with Crippen LogP contribution in [0.4, 0.5) is 0 Å². The van der Waals surface area contributed by atoms with Gasteiger partial charge >= 0.3 is 0 Å². The molecule has 70 valence electrons. The van der Waals surface area contributed by atoms with E-state index in [2.05, 4.69) is 10.2 Å². The van der Waals surface area contributed by atoms with Crippen LogP contribution in [0.15, 0.2) is 0 Å². The summed E-state index contributed by atoms with van der Waals surface area (Å²) in [6.45, 7) is 3.93. The molecule has 0 aliphatic carbocycles. The van der Waals surface area contributed by atoms with Gasteiger partial charge in [0, 0.05) is 10.4 Å². The van der Waals surface area contributed by atoms with E-state index in [1.807, 2.05) is 26.0 Å². The predicted molar refractivity (Wildman–Crippen MR) is 56.2 cm³/mol. The fraction of sp³-hybridized carbons (Fsp3) is 0.333. The van der Waals surface area contributed by atoms with Crippen LogP contribution in [-0.4, -0.2) is 10.2 Å². The summed E-state index contributed by atoms with van der Waals surface area (Å²) >= 11 is 11.7. The summed E-state index contributed by atoms with van der Waals surface area (Å²) in [7, 11) is 0. The Kier molecular flexibility index (Phi) is 3.70. The van der Waals surface area contributed by atoms with E-state index in [9.17, 15) is 0 Å². The van der Waals surface area contributed by atoms with Gasteiger partial charge in [-0.25, -0.2) is 0 Å². The van der Waals surface area contributed by atoms with Gasteiger partial charge in [0.15, 0.2) is 10.3 Å². The van der Waals surface area contributed by atoms with Crippen LogP contribution in [0.25, 0.3) is 12.2 Å². The van der Waals surface area contributed by atoms with Gasteiger partial charge < -0.3 is 0 Å². The highest BCUT2D eigenvalue weighted by Gasteiger charge is 1.99. The van der Waals surface area contributed by atoms with Crippen molar-refractivity contribution in [3.05, 3.63) is 20.7 Å². The summed E-state index contributed by atoms with van der Waals surface area (Å²) in [6.07, 6.45) is 4.76. The Morgan fingerprint density at radius 2 is 1.69 bits per heavy atom. The molecule has 0 fully saturated rings. The summed E-state index contributed by atoms with van der Waals surface area (Å²) in [4.78, 5) is 0. The molecule has 4 heteroatoms. The average molecular weight is 217 g/mol. The summed E-state index contributed by atoms with van der Waals surface area (Å²) < 4.78 is 0. The number of nitrogens with zero attached hydrogens (tertiary/aromatic N) is 2. The molecule has 2 nitrogen and oxygen atoms in total. The topological polar surface area (TPSA) is 25.8 Å². The van der Waals surface area contributed by atoms with Crippen molar-refractivity contribution in [3.63, 3.8) is 0 Å². The van der Waals surface area contributed by atoms with E-state index in [4.69, 9.17) is 23.2 Å². The molecule has 0 aliphatic heterocycles. The lowest BCUT2D eigenvalue weighted by Crippen LogP contribution is -2.29. The Morgan fingerprint density at radius 1 is 1.15 bits per heavy atom. The van der Waals surface area contributed by atoms with Crippen LogP contribution in [0.5, 0.6) is 0 Å². The first-order valence-corrected chi connectivity index (χ1v) is 4.80. The molecule has 13 heavy (non-hydrogen) atoms. The minimum Gasteiger partial charge on any atom is -0.136 e. The second kappa shape index (κ2) is 4.58. The van der Waals surface area contributed by atoms with Crippen LogP contribution >= 0.6 is 23.2 Å². The predicted octanol–water partition coefficient (Wildman–Crippen LogP) is 1.77. The second-order valence-electron chi connectivity index (χ2n) is 2.51. The molecule has 0 aliphatic rings. The number of aromatic nitrogens is 2. The molecule has 0 bridgehead atoms. The summed E-state index contributed by atoms with van der Waals surface area (Å²) in [5, 5.41) is 9.98. The van der Waals surface area contributed by atoms with Crippen LogP contribution in [-0.2, 0) is 0 Å². The first-order valence-electron chi connectivity index (χ1n) is 4.05. The van der Waals surface area contributed by atoms with Crippen molar-refractivity contribution in [2.24, 2.45) is 0 Å². The van der Waals surface area contributed by atoms with Crippen molar-refractivity contribution in [2.75, 3.05) is 0 Å². The number of rotatable bonds is 1. The zero-order chi connectivity index (χ0) is 9.84. The Balaban J connectivity index is 3.65. The lowest BCUT2D eigenvalue weighted by Gasteiger charge is -1.94. The fourth-order valence-corrected chi connectivity index (χ4v) is 1.56. The minimum absolute atomic E-state index is 0.395. The number of hydrogen-bond acceptors (Lipinski definition) is 2. The van der Waals surface area contributed by atoms with Gasteiger partial charge in [-0.15, -0.1) is 10.2 Å². The van der Waals surface area contributed by atoms with E-state index in [1.54, 1.807) is 0 Å². The first-order chi connectivity index (χ1) is 6.20. The summed E-state index contributed by atoms with van der Waals surface area (Å²) in [5.41, 5.74) is 0. The normalized spacial score (nSPS) is 13.8. The van der Waals surface area contributed by atoms with Crippen molar-refractivity contribution in [1.29, 1.82) is 0 Å². The Labute approximate surface area is 86.9 Å². The quantitative estimate of drug-likeness (QED) is 0.716. The van der Waals surface area contributed by atoms with E-state index in [0.29, 0.717) is 10.3 Å². The van der Waals surface area contributed by atoms with Crippen molar-refractivity contribution < 1.29 is 0 Å². The monoisotopic (exact) mass is 216 g/mol. The van der Waals surface area contributed by atoms with Gasteiger partial charge in [-0.05, 0) is 13.3 Å². The highest BCUT2D eigenvalue weighted by atomic mass is 35.5. The molecule has 0 spiro atoms. The Bertz CT molecular complexity index is 412. The van der Waals surface area contributed by atoms with Gasteiger partial charge in [-0.2, -0.15) is 0 Å². The molecule has 1 heterocycles. The smallest absolute Gasteiger partial charge is 0.136 e. The molecular formula is C9H10Cl2N2. The van der Waals surface area contributed by atoms with E-state index in [-0.39, 0.29) is 0 Å². The third-order valence-electron chi connectivity index (χ3n) is 1.66. The fourth-order valence-electron chi connectivity index (χ4n) is 1.09. The maximum absolute atomic E-state index is 5.88. The molecule has 0 atom stereocenters. The van der Waals surface area contributed by atoms with E-state index < -0.39 is 0 Å². The largest absolute Gasteiger partial charge is 0.159 e. The summed E-state index contributed by atoms with van der Waals surface area (Å²) in [5.74, 6) is 0. The standard InChI is InChI=1S/C9H10Cl2N2/c1-3-5-7-6(4-2)8(10)12-13-9(7)11/h4-5H,3H2,1-2H3. The van der Waals surface area contributed by atoms with Gasteiger partial charge in [-0.1, -0.05) is 42.3 Å². The lowest BCUT2D eigenvalue weighted by molar-refractivity contribution is 1.00. The van der Waals surface area contributed by atoms with Crippen LogP contribution in [0.3, 0.4) is 0 Å². The maximum atomic E-state index is 5.88. The molecule has 0 saturated carbocycles. The van der Waals surface area contributed by atoms with E-state index in [0.717, 1.165) is 16.9 Å². The molecule has 0 unspecified atom stereocenters. The minimum atomic E-state index is 0.395. The van der Waals surface area contributed by atoms with Gasteiger partial charge in [-0.3, -0.25) is 0 Å². The third-order valence-corrected chi connectivity index (χ3v) is 2.22. The number of hydrogen-bond donors (Lipinski definition) is 0. The Hall–Kier alpha value is -0.600. The Morgan fingerprint density at radius 3 is 2.15 bits per heavy atom. The highest BCUT2D eigenvalue weighted by molar-refractivity contribution is 6.31. The van der Waals surface area contributed by atoms with Crippen LogP contribution in [0, 0.1) is 0 Å². The second-order valence-corrected chi connectivity index (χ2v) is 3.23. The molecular weight excluding hydrogens is 207 g/mol. The van der Waals surface area contributed by atoms with Crippen LogP contribution in [0.1, 0.15) is 20.3 Å². The first kappa shape index (κ1) is 10.5. The van der Waals surface area contributed by atoms with E-state index in [1.165, 1.54) is 0 Å². The maximum Gasteiger partial charge on any atom is 0.159 e. The molecule has 1 aromatic rings. The van der Waals surface area contributed by atoms with Gasteiger partial charge in [0.25, 0.3) is 0 Å². The molecule has 1 rings (SSSR count). The zero-order valence-electron chi connectivity index (χ0n) is 7.51. The van der Waals surface area contributed by atoms with Crippen molar-refractivity contribution >= 4 is 35.4 Å². The lowest BCUT2D eigenvalue weighted by atomic mass is 10.3. The molecule has 0 radical (unpaired) electrons. The van der Waals surface area contributed by atoms with Crippen molar-refractivity contribution in [3.8, 4) is 0 Å². The average Bonchev–Trinajstić information content (AvgIpc) is 2.12. The molecule has 0 N–H and O–H groups in total. The van der Waals surface area contributed by atoms with Crippen molar-refractivity contribution in [2.45, 2.75) is 20.3 Å². The SMILES string of the molecule is CC=c1c(Cl)nnc(Cl)c1=CCC. The van der Waals surface area contributed by atoms with Crippen molar-refractivity contribution in [1.82, 2.24) is 10.2 Å². The van der Waals surface area contributed by atoms with Crippen LogP contribution in [0.2, 0.25) is 10.3 Å². The van der Waals surface area contributed by atoms with Gasteiger partial charge in [0.05, 0.1) is 0 Å². The molecule has 0 amide bonds. The van der Waals surface area contributed by atoms with Gasteiger partial charge in [0.2, 0.25) is 0 Å².